The summed E-state index contributed by atoms with van der Waals surface area (Å²) in [5, 5.41) is 12.7. The number of amides is 1. The number of allylic oxidation sites excluding steroid dienone is 1. The zero-order chi connectivity index (χ0) is 17.7. The summed E-state index contributed by atoms with van der Waals surface area (Å²) in [4.78, 5) is 24.5. The fourth-order valence-electron chi connectivity index (χ4n) is 2.66. The maximum atomic E-state index is 12.4. The predicted molar refractivity (Wildman–Crippen MR) is 90.2 cm³/mol. The largest absolute Gasteiger partial charge is 0.494 e. The Labute approximate surface area is 144 Å². The van der Waals surface area contributed by atoms with Gasteiger partial charge in [-0.15, -0.1) is 11.8 Å². The van der Waals surface area contributed by atoms with E-state index in [1.54, 1.807) is 30.5 Å². The molecule has 1 aliphatic rings. The minimum Gasteiger partial charge on any atom is -0.494 e. The third-order valence-electron chi connectivity index (χ3n) is 3.74. The number of carbonyl (C=O) groups excluding carboxylic acids is 2. The Morgan fingerprint density at radius 1 is 1.38 bits per heavy atom. The molecule has 0 aliphatic carbocycles. The smallest absolute Gasteiger partial charge is 0.319 e. The first-order chi connectivity index (χ1) is 11.6. The molecule has 1 heterocycles. The van der Waals surface area contributed by atoms with Gasteiger partial charge in [-0.3, -0.25) is 9.59 Å². The van der Waals surface area contributed by atoms with E-state index in [0.29, 0.717) is 28.5 Å². The summed E-state index contributed by atoms with van der Waals surface area (Å²) in [5.41, 5.74) is 1.04. The van der Waals surface area contributed by atoms with Gasteiger partial charge in [0.25, 0.3) is 0 Å². The van der Waals surface area contributed by atoms with Gasteiger partial charge in [0.05, 0.1) is 30.4 Å². The van der Waals surface area contributed by atoms with Crippen LogP contribution in [-0.2, 0) is 14.3 Å². The summed E-state index contributed by atoms with van der Waals surface area (Å²) in [6, 6.07) is 9.17. The lowest BCUT2D eigenvalue weighted by molar-refractivity contribution is -0.150. The van der Waals surface area contributed by atoms with E-state index in [1.807, 2.05) is 6.92 Å². The second-order valence-electron chi connectivity index (χ2n) is 5.03. The molecule has 0 aromatic heterocycles. The van der Waals surface area contributed by atoms with Crippen LogP contribution in [0.3, 0.4) is 0 Å². The molecule has 1 amide bonds. The van der Waals surface area contributed by atoms with Crippen LogP contribution in [0.25, 0.3) is 0 Å². The molecule has 1 aromatic carbocycles. The zero-order valence-corrected chi connectivity index (χ0v) is 14.5. The van der Waals surface area contributed by atoms with Gasteiger partial charge in [-0.2, -0.15) is 5.26 Å². The number of hydrogen-bond acceptors (Lipinski definition) is 6. The zero-order valence-electron chi connectivity index (χ0n) is 13.7. The van der Waals surface area contributed by atoms with Crippen LogP contribution in [0.2, 0.25) is 0 Å². The first kappa shape index (κ1) is 17.9. The molecule has 24 heavy (non-hydrogen) atoms. The normalized spacial score (nSPS) is 20.2. The van der Waals surface area contributed by atoms with Crippen molar-refractivity contribution in [3.8, 4) is 11.8 Å². The molecule has 2 atom stereocenters. The van der Waals surface area contributed by atoms with Gasteiger partial charge in [0.1, 0.15) is 11.7 Å². The van der Waals surface area contributed by atoms with E-state index in [1.165, 1.54) is 18.9 Å². The number of thioether (sulfide) groups is 1. The molecule has 0 spiro atoms. The number of methoxy groups -OCH3 is 1. The van der Waals surface area contributed by atoms with Crippen molar-refractivity contribution in [3.05, 3.63) is 40.4 Å². The van der Waals surface area contributed by atoms with Gasteiger partial charge in [-0.05, 0) is 30.9 Å². The average Bonchev–Trinajstić information content (AvgIpc) is 2.61. The molecule has 2 rings (SSSR count). The highest BCUT2D eigenvalue weighted by Gasteiger charge is 2.44. The lowest BCUT2D eigenvalue weighted by atomic mass is 9.78. The number of esters is 1. The van der Waals surface area contributed by atoms with Gasteiger partial charge in [-0.25, -0.2) is 0 Å². The minimum atomic E-state index is -1.10. The molecular formula is C17H18N2O4S. The maximum Gasteiger partial charge on any atom is 0.319 e. The highest BCUT2D eigenvalue weighted by atomic mass is 32.2. The Hall–Kier alpha value is -2.46. The molecule has 7 heteroatoms. The Morgan fingerprint density at radius 2 is 2.04 bits per heavy atom. The molecule has 0 radical (unpaired) electrons. The van der Waals surface area contributed by atoms with Gasteiger partial charge in [-0.1, -0.05) is 12.1 Å². The molecule has 6 nitrogen and oxygen atoms in total. The summed E-state index contributed by atoms with van der Waals surface area (Å²) in [5.74, 6) is -2.24. The van der Waals surface area contributed by atoms with Crippen molar-refractivity contribution >= 4 is 23.6 Å². The van der Waals surface area contributed by atoms with Crippen LogP contribution in [0, 0.1) is 17.2 Å². The van der Waals surface area contributed by atoms with Crippen molar-refractivity contribution in [2.24, 2.45) is 5.92 Å². The Balaban J connectivity index is 2.54. The number of carbonyl (C=O) groups is 2. The van der Waals surface area contributed by atoms with E-state index in [4.69, 9.17) is 9.47 Å². The Morgan fingerprint density at radius 3 is 2.54 bits per heavy atom. The average molecular weight is 346 g/mol. The fraction of sp³-hybridized carbons (Fsp3) is 0.353. The molecule has 1 aliphatic heterocycles. The van der Waals surface area contributed by atoms with E-state index in [9.17, 15) is 14.9 Å². The maximum absolute atomic E-state index is 12.4. The molecule has 1 N–H and O–H groups in total. The first-order valence-corrected chi connectivity index (χ1v) is 8.59. The molecule has 0 fully saturated rings. The quantitative estimate of drug-likeness (QED) is 0.649. The van der Waals surface area contributed by atoms with Crippen LogP contribution >= 0.6 is 11.8 Å². The highest BCUT2D eigenvalue weighted by molar-refractivity contribution is 8.02. The van der Waals surface area contributed by atoms with Crippen LogP contribution < -0.4 is 10.1 Å². The highest BCUT2D eigenvalue weighted by Crippen LogP contribution is 2.39. The van der Waals surface area contributed by atoms with Crippen LogP contribution in [-0.4, -0.2) is 31.8 Å². The second-order valence-corrected chi connectivity index (χ2v) is 5.85. The van der Waals surface area contributed by atoms with Gasteiger partial charge in [0.15, 0.2) is 0 Å². The Bertz CT molecular complexity index is 706. The number of rotatable bonds is 5. The molecule has 126 valence electrons. The molecule has 0 bridgehead atoms. The topological polar surface area (TPSA) is 88.4 Å². The van der Waals surface area contributed by atoms with Crippen molar-refractivity contribution in [2.75, 3.05) is 20.0 Å². The number of nitrogens with one attached hydrogen (secondary N) is 1. The number of ether oxygens (including phenoxy) is 2. The molecule has 1 aromatic rings. The number of hydrogen-bond donors (Lipinski definition) is 1. The van der Waals surface area contributed by atoms with E-state index in [2.05, 4.69) is 11.4 Å². The fourth-order valence-corrected chi connectivity index (χ4v) is 3.26. The van der Waals surface area contributed by atoms with Gasteiger partial charge in [0, 0.05) is 5.92 Å². The monoisotopic (exact) mass is 346 g/mol. The van der Waals surface area contributed by atoms with Crippen LogP contribution in [0.15, 0.2) is 34.9 Å². The Kier molecular flexibility index (Phi) is 5.88. The van der Waals surface area contributed by atoms with E-state index in [-0.39, 0.29) is 0 Å². The third kappa shape index (κ3) is 3.39. The summed E-state index contributed by atoms with van der Waals surface area (Å²) in [7, 11) is 1.23. The lowest BCUT2D eigenvalue weighted by Crippen LogP contribution is -2.44. The standard InChI is InChI=1S/C17H18N2O4S/c1-4-23-11-7-5-10(6-8-11)13-12(9-18)16(24-3)19-15(20)14(13)17(21)22-2/h5-8,13-14H,4H2,1-3H3,(H,19,20). The SMILES string of the molecule is CCOc1ccc(C2C(C#N)=C(SC)NC(=O)C2C(=O)OC)cc1. The van der Waals surface area contributed by atoms with E-state index < -0.39 is 23.7 Å². The minimum absolute atomic E-state index is 0.349. The van der Waals surface area contributed by atoms with Crippen LogP contribution in [0.1, 0.15) is 18.4 Å². The van der Waals surface area contributed by atoms with Crippen LogP contribution in [0.4, 0.5) is 0 Å². The first-order valence-electron chi connectivity index (χ1n) is 7.37. The van der Waals surface area contributed by atoms with Crippen molar-refractivity contribution in [1.82, 2.24) is 5.32 Å². The number of benzene rings is 1. The van der Waals surface area contributed by atoms with E-state index in [0.717, 1.165) is 0 Å². The van der Waals surface area contributed by atoms with E-state index >= 15 is 0 Å². The van der Waals surface area contributed by atoms with Gasteiger partial charge in [0.2, 0.25) is 5.91 Å². The van der Waals surface area contributed by atoms with Crippen LogP contribution in [0.5, 0.6) is 5.75 Å². The summed E-state index contributed by atoms with van der Waals surface area (Å²) in [6.45, 7) is 2.42. The number of nitriles is 1. The van der Waals surface area contributed by atoms with Crippen molar-refractivity contribution in [2.45, 2.75) is 12.8 Å². The van der Waals surface area contributed by atoms with Crippen molar-refractivity contribution < 1.29 is 19.1 Å². The van der Waals surface area contributed by atoms with Crippen molar-refractivity contribution in [3.63, 3.8) is 0 Å². The second kappa shape index (κ2) is 7.88. The lowest BCUT2D eigenvalue weighted by Gasteiger charge is -2.30. The molecular weight excluding hydrogens is 328 g/mol. The molecule has 0 saturated heterocycles. The number of nitrogens with zero attached hydrogens (tertiary/aromatic N) is 1. The molecule has 2 unspecified atom stereocenters. The molecule has 0 saturated carbocycles. The summed E-state index contributed by atoms with van der Waals surface area (Å²) < 4.78 is 10.2. The van der Waals surface area contributed by atoms with Crippen molar-refractivity contribution in [1.29, 1.82) is 5.26 Å². The third-order valence-corrected chi connectivity index (χ3v) is 4.47. The predicted octanol–water partition coefficient (Wildman–Crippen LogP) is 2.19. The van der Waals surface area contributed by atoms with Gasteiger partial charge < -0.3 is 14.8 Å². The van der Waals surface area contributed by atoms with Gasteiger partial charge >= 0.3 is 5.97 Å². The summed E-state index contributed by atoms with van der Waals surface area (Å²) >= 11 is 1.26. The summed E-state index contributed by atoms with van der Waals surface area (Å²) in [6.07, 6.45) is 1.76.